The Hall–Kier alpha value is -2.70. The van der Waals surface area contributed by atoms with Crippen LogP contribution < -0.4 is 10.9 Å². The molecule has 1 fully saturated rings. The number of aliphatic carboxylic acids is 1. The molecule has 1 aromatic carbocycles. The van der Waals surface area contributed by atoms with Crippen LogP contribution in [0.5, 0.6) is 0 Å². The number of carboxylic acids is 1. The molecular weight excluding hydrogens is 358 g/mol. The first-order valence-electron chi connectivity index (χ1n) is 10.1. The lowest BCUT2D eigenvalue weighted by molar-refractivity contribution is -0.145. The van der Waals surface area contributed by atoms with Crippen LogP contribution >= 0.6 is 0 Å². The van der Waals surface area contributed by atoms with E-state index in [1.165, 1.54) is 0 Å². The van der Waals surface area contributed by atoms with Gasteiger partial charge in [0.25, 0.3) is 11.5 Å². The number of nitrogens with zero attached hydrogens (tertiary/aromatic N) is 2. The van der Waals surface area contributed by atoms with Crippen molar-refractivity contribution in [2.75, 3.05) is 0 Å². The Morgan fingerprint density at radius 1 is 1.07 bits per heavy atom. The summed E-state index contributed by atoms with van der Waals surface area (Å²) in [5.74, 6) is -0.645. The van der Waals surface area contributed by atoms with Crippen molar-refractivity contribution >= 4 is 22.8 Å². The van der Waals surface area contributed by atoms with Crippen molar-refractivity contribution in [1.29, 1.82) is 0 Å². The van der Waals surface area contributed by atoms with Gasteiger partial charge in [0, 0.05) is 18.5 Å². The lowest BCUT2D eigenvalue weighted by Crippen LogP contribution is -2.55. The normalized spacial score (nSPS) is 18.9. The fourth-order valence-electron chi connectivity index (χ4n) is 4.40. The molecule has 1 aromatic heterocycles. The van der Waals surface area contributed by atoms with E-state index in [-0.39, 0.29) is 5.56 Å². The van der Waals surface area contributed by atoms with Gasteiger partial charge in [0.05, 0.1) is 10.9 Å². The van der Waals surface area contributed by atoms with Gasteiger partial charge in [-0.1, -0.05) is 25.7 Å². The Bertz CT molecular complexity index is 989. The van der Waals surface area contributed by atoms with Gasteiger partial charge in [-0.15, -0.1) is 0 Å². The minimum Gasteiger partial charge on any atom is -0.480 e. The highest BCUT2D eigenvalue weighted by molar-refractivity contribution is 6.00. The SMILES string of the molecule is O=C(NC1(C(=O)O)CCCCC1)c1ccc2c(=O)n3c(nc2c1)CCCCC3. The second-order valence-corrected chi connectivity index (χ2v) is 7.93. The van der Waals surface area contributed by atoms with Crippen molar-refractivity contribution < 1.29 is 14.7 Å². The van der Waals surface area contributed by atoms with Crippen LogP contribution in [-0.2, 0) is 17.8 Å². The molecule has 0 bridgehead atoms. The van der Waals surface area contributed by atoms with E-state index in [1.54, 1.807) is 22.8 Å². The van der Waals surface area contributed by atoms with Crippen LogP contribution in [0.25, 0.3) is 10.9 Å². The van der Waals surface area contributed by atoms with Crippen LogP contribution in [0.15, 0.2) is 23.0 Å². The van der Waals surface area contributed by atoms with Gasteiger partial charge in [-0.2, -0.15) is 0 Å². The molecule has 2 N–H and O–H groups in total. The van der Waals surface area contributed by atoms with Crippen molar-refractivity contribution in [3.8, 4) is 0 Å². The molecule has 2 aliphatic rings. The second-order valence-electron chi connectivity index (χ2n) is 7.93. The lowest BCUT2D eigenvalue weighted by atomic mass is 9.81. The van der Waals surface area contributed by atoms with Crippen molar-refractivity contribution in [2.45, 2.75) is 69.9 Å². The summed E-state index contributed by atoms with van der Waals surface area (Å²) < 4.78 is 1.75. The number of carboxylic acid groups (broad SMARTS) is 1. The molecule has 148 valence electrons. The number of fused-ring (bicyclic) bond motifs is 2. The molecule has 28 heavy (non-hydrogen) atoms. The minimum absolute atomic E-state index is 0.0665. The van der Waals surface area contributed by atoms with Crippen molar-refractivity contribution in [1.82, 2.24) is 14.9 Å². The molecule has 4 rings (SSSR count). The highest BCUT2D eigenvalue weighted by Crippen LogP contribution is 2.29. The highest BCUT2D eigenvalue weighted by Gasteiger charge is 2.41. The van der Waals surface area contributed by atoms with Crippen LogP contribution in [0, 0.1) is 0 Å². The maximum Gasteiger partial charge on any atom is 0.329 e. The van der Waals surface area contributed by atoms with Gasteiger partial charge < -0.3 is 10.4 Å². The van der Waals surface area contributed by atoms with Crippen molar-refractivity contribution in [3.63, 3.8) is 0 Å². The highest BCUT2D eigenvalue weighted by atomic mass is 16.4. The Morgan fingerprint density at radius 3 is 2.57 bits per heavy atom. The molecule has 2 heterocycles. The average molecular weight is 383 g/mol. The van der Waals surface area contributed by atoms with Gasteiger partial charge in [-0.25, -0.2) is 9.78 Å². The van der Waals surface area contributed by atoms with Crippen molar-refractivity contribution in [3.05, 3.63) is 39.9 Å². The van der Waals surface area contributed by atoms with Gasteiger partial charge in [-0.3, -0.25) is 14.2 Å². The summed E-state index contributed by atoms with van der Waals surface area (Å²) in [5, 5.41) is 12.9. The molecule has 7 nitrogen and oxygen atoms in total. The molecule has 1 amide bonds. The minimum atomic E-state index is -1.20. The molecule has 1 saturated carbocycles. The Balaban J connectivity index is 1.68. The van der Waals surface area contributed by atoms with E-state index in [9.17, 15) is 19.5 Å². The molecule has 1 aliphatic heterocycles. The Kier molecular flexibility index (Phi) is 4.91. The molecule has 1 aliphatic carbocycles. The Labute approximate surface area is 162 Å². The number of hydrogen-bond acceptors (Lipinski definition) is 4. The summed E-state index contributed by atoms with van der Waals surface area (Å²) in [6.07, 6.45) is 7.23. The third-order valence-electron chi connectivity index (χ3n) is 6.05. The van der Waals surface area contributed by atoms with Gasteiger partial charge in [0.1, 0.15) is 11.4 Å². The number of carbonyl (C=O) groups is 2. The number of amides is 1. The molecule has 0 atom stereocenters. The molecule has 0 radical (unpaired) electrons. The van der Waals surface area contributed by atoms with E-state index in [0.29, 0.717) is 35.9 Å². The summed E-state index contributed by atoms with van der Waals surface area (Å²) in [4.78, 5) is 42.1. The zero-order chi connectivity index (χ0) is 19.7. The third-order valence-corrected chi connectivity index (χ3v) is 6.05. The van der Waals surface area contributed by atoms with Crippen LogP contribution in [0.1, 0.15) is 67.5 Å². The van der Waals surface area contributed by atoms with Crippen LogP contribution in [0.4, 0.5) is 0 Å². The third kappa shape index (κ3) is 3.30. The lowest BCUT2D eigenvalue weighted by Gasteiger charge is -2.34. The predicted molar refractivity (Wildman–Crippen MR) is 104 cm³/mol. The van der Waals surface area contributed by atoms with E-state index < -0.39 is 17.4 Å². The van der Waals surface area contributed by atoms with Gasteiger partial charge in [-0.05, 0) is 43.9 Å². The number of carbonyl (C=O) groups excluding carboxylic acids is 1. The summed E-state index contributed by atoms with van der Waals surface area (Å²) in [7, 11) is 0. The van der Waals surface area contributed by atoms with Crippen molar-refractivity contribution in [2.24, 2.45) is 0 Å². The van der Waals surface area contributed by atoms with E-state index in [0.717, 1.165) is 50.8 Å². The summed E-state index contributed by atoms with van der Waals surface area (Å²) in [5.41, 5.74) is -0.434. The average Bonchev–Trinajstić information content (AvgIpc) is 2.94. The summed E-state index contributed by atoms with van der Waals surface area (Å²) in [6, 6.07) is 4.82. The number of benzene rings is 1. The molecule has 7 heteroatoms. The molecule has 0 saturated heterocycles. The second kappa shape index (κ2) is 7.37. The van der Waals surface area contributed by atoms with E-state index in [2.05, 4.69) is 10.3 Å². The number of rotatable bonds is 3. The zero-order valence-electron chi connectivity index (χ0n) is 15.9. The predicted octanol–water partition coefficient (Wildman–Crippen LogP) is 2.64. The molecule has 0 unspecified atom stereocenters. The van der Waals surface area contributed by atoms with Crippen LogP contribution in [0.2, 0.25) is 0 Å². The van der Waals surface area contributed by atoms with Crippen LogP contribution in [0.3, 0.4) is 0 Å². The number of hydrogen-bond donors (Lipinski definition) is 2. The first-order chi connectivity index (χ1) is 13.5. The molecular formula is C21H25N3O4. The van der Waals surface area contributed by atoms with Crippen LogP contribution in [-0.4, -0.2) is 32.1 Å². The maximum atomic E-state index is 12.8. The quantitative estimate of drug-likeness (QED) is 0.848. The largest absolute Gasteiger partial charge is 0.480 e. The van der Waals surface area contributed by atoms with E-state index >= 15 is 0 Å². The topological polar surface area (TPSA) is 101 Å². The monoisotopic (exact) mass is 383 g/mol. The molecule has 2 aromatic rings. The number of aromatic nitrogens is 2. The van der Waals surface area contributed by atoms with Gasteiger partial charge in [0.2, 0.25) is 0 Å². The zero-order valence-corrected chi connectivity index (χ0v) is 15.9. The smallest absolute Gasteiger partial charge is 0.329 e. The summed E-state index contributed by atoms with van der Waals surface area (Å²) >= 11 is 0. The maximum absolute atomic E-state index is 12.8. The number of nitrogens with one attached hydrogen (secondary N) is 1. The first-order valence-corrected chi connectivity index (χ1v) is 10.1. The first kappa shape index (κ1) is 18.7. The number of aryl methyl sites for hydroxylation is 1. The fraction of sp³-hybridized carbons (Fsp3) is 0.524. The standard InChI is InChI=1S/C21H25N3O4/c25-18(23-21(20(27)28)10-4-2-5-11-21)14-8-9-15-16(13-14)22-17-7-3-1-6-12-24(17)19(15)26/h8-9,13H,1-7,10-12H2,(H,23,25)(H,27,28). The summed E-state index contributed by atoms with van der Waals surface area (Å²) in [6.45, 7) is 0.681. The van der Waals surface area contributed by atoms with Gasteiger partial charge >= 0.3 is 5.97 Å². The fourth-order valence-corrected chi connectivity index (χ4v) is 4.40. The molecule has 0 spiro atoms. The van der Waals surface area contributed by atoms with E-state index in [1.807, 2.05) is 0 Å². The Morgan fingerprint density at radius 2 is 1.82 bits per heavy atom. The van der Waals surface area contributed by atoms with E-state index in [4.69, 9.17) is 0 Å². The van der Waals surface area contributed by atoms with Gasteiger partial charge in [0.15, 0.2) is 0 Å².